The summed E-state index contributed by atoms with van der Waals surface area (Å²) in [6, 6.07) is 11.4. The zero-order chi connectivity index (χ0) is 10.2. The summed E-state index contributed by atoms with van der Waals surface area (Å²) in [7, 11) is 0. The molecule has 1 radical (unpaired) electrons. The molecule has 0 aliphatic heterocycles. The van der Waals surface area contributed by atoms with E-state index in [1.54, 1.807) is 18.2 Å². The van der Waals surface area contributed by atoms with Gasteiger partial charge in [0, 0.05) is 0 Å². The lowest BCUT2D eigenvalue weighted by Gasteiger charge is -2.07. The van der Waals surface area contributed by atoms with Gasteiger partial charge in [-0.05, 0) is 35.0 Å². The summed E-state index contributed by atoms with van der Waals surface area (Å²) in [6.07, 6.45) is -4.27. The lowest BCUT2D eigenvalue weighted by Crippen LogP contribution is -2.04. The lowest BCUT2D eigenvalue weighted by molar-refractivity contribution is -0.137. The highest BCUT2D eigenvalue weighted by molar-refractivity contribution is 5.82. The van der Waals surface area contributed by atoms with Crippen LogP contribution in [0.2, 0.25) is 0 Å². The van der Waals surface area contributed by atoms with E-state index >= 15 is 0 Å². The second-order valence-corrected chi connectivity index (χ2v) is 2.99. The maximum absolute atomic E-state index is 12.3. The first kappa shape index (κ1) is 9.06. The standard InChI is InChI=1S/C11H6F3/c12-11(13,14)10-6-5-8-3-1-2-4-9(8)7-10/h1,3-7H. The molecular weight excluding hydrogens is 189 g/mol. The Morgan fingerprint density at radius 2 is 1.79 bits per heavy atom. The van der Waals surface area contributed by atoms with Gasteiger partial charge in [0.15, 0.2) is 0 Å². The average molecular weight is 195 g/mol. The minimum Gasteiger partial charge on any atom is -0.166 e. The Morgan fingerprint density at radius 3 is 2.50 bits per heavy atom. The van der Waals surface area contributed by atoms with Crippen molar-refractivity contribution in [1.82, 2.24) is 0 Å². The predicted octanol–water partition coefficient (Wildman–Crippen LogP) is 3.66. The fraction of sp³-hybridized carbons (Fsp3) is 0.0909. The van der Waals surface area contributed by atoms with Crippen LogP contribution in [0.4, 0.5) is 13.2 Å². The zero-order valence-corrected chi connectivity index (χ0v) is 7.10. The van der Waals surface area contributed by atoms with Crippen molar-refractivity contribution in [3.8, 4) is 0 Å². The van der Waals surface area contributed by atoms with E-state index < -0.39 is 11.7 Å². The molecule has 0 aromatic heterocycles. The summed E-state index contributed by atoms with van der Waals surface area (Å²) < 4.78 is 36.9. The third-order valence-electron chi connectivity index (χ3n) is 2.01. The third-order valence-corrected chi connectivity index (χ3v) is 2.01. The molecule has 0 heterocycles. The zero-order valence-electron chi connectivity index (χ0n) is 7.10. The normalized spacial score (nSPS) is 11.9. The largest absolute Gasteiger partial charge is 0.416 e. The Bertz CT molecular complexity index is 457. The molecule has 14 heavy (non-hydrogen) atoms. The molecule has 0 aliphatic rings. The topological polar surface area (TPSA) is 0 Å². The Balaban J connectivity index is 2.63. The van der Waals surface area contributed by atoms with Gasteiger partial charge in [-0.3, -0.25) is 0 Å². The van der Waals surface area contributed by atoms with E-state index in [1.165, 1.54) is 6.07 Å². The van der Waals surface area contributed by atoms with E-state index in [0.29, 0.717) is 5.39 Å². The van der Waals surface area contributed by atoms with Gasteiger partial charge in [-0.15, -0.1) is 0 Å². The van der Waals surface area contributed by atoms with Crippen LogP contribution < -0.4 is 0 Å². The quantitative estimate of drug-likeness (QED) is 0.601. The second kappa shape index (κ2) is 3.01. The maximum atomic E-state index is 12.3. The van der Waals surface area contributed by atoms with Crippen molar-refractivity contribution in [1.29, 1.82) is 0 Å². The molecule has 2 aromatic carbocycles. The number of alkyl halides is 3. The van der Waals surface area contributed by atoms with Gasteiger partial charge in [0.05, 0.1) is 5.56 Å². The predicted molar refractivity (Wildman–Crippen MR) is 47.8 cm³/mol. The molecule has 0 fully saturated rings. The van der Waals surface area contributed by atoms with Crippen LogP contribution >= 0.6 is 0 Å². The molecule has 0 spiro atoms. The number of rotatable bonds is 0. The Hall–Kier alpha value is -1.51. The maximum Gasteiger partial charge on any atom is 0.416 e. The summed E-state index contributed by atoms with van der Waals surface area (Å²) in [6.45, 7) is 0. The highest BCUT2D eigenvalue weighted by Gasteiger charge is 2.30. The fourth-order valence-electron chi connectivity index (χ4n) is 1.30. The first-order valence-electron chi connectivity index (χ1n) is 4.04. The van der Waals surface area contributed by atoms with Crippen molar-refractivity contribution in [3.05, 3.63) is 48.0 Å². The average Bonchev–Trinajstić information content (AvgIpc) is 2.16. The molecule has 0 bridgehead atoms. The Morgan fingerprint density at radius 1 is 1.00 bits per heavy atom. The smallest absolute Gasteiger partial charge is 0.166 e. The van der Waals surface area contributed by atoms with Crippen molar-refractivity contribution in [2.75, 3.05) is 0 Å². The number of fused-ring (bicyclic) bond motifs is 1. The molecule has 3 heteroatoms. The van der Waals surface area contributed by atoms with Gasteiger partial charge in [-0.25, -0.2) is 0 Å². The summed E-state index contributed by atoms with van der Waals surface area (Å²) in [5, 5.41) is 1.35. The van der Waals surface area contributed by atoms with Gasteiger partial charge >= 0.3 is 6.18 Å². The van der Waals surface area contributed by atoms with Gasteiger partial charge < -0.3 is 0 Å². The molecule has 0 nitrogen and oxygen atoms in total. The van der Waals surface area contributed by atoms with Crippen LogP contribution in [0.3, 0.4) is 0 Å². The van der Waals surface area contributed by atoms with Crippen LogP contribution in [0.1, 0.15) is 5.56 Å². The number of halogens is 3. The van der Waals surface area contributed by atoms with Crippen LogP contribution in [0.15, 0.2) is 36.4 Å². The summed E-state index contributed by atoms with van der Waals surface area (Å²) in [5.74, 6) is 0. The summed E-state index contributed by atoms with van der Waals surface area (Å²) in [5.41, 5.74) is -0.621. The SMILES string of the molecule is FC(F)(F)c1ccc2cc[c]cc2c1. The summed E-state index contributed by atoms with van der Waals surface area (Å²) >= 11 is 0. The van der Waals surface area contributed by atoms with Crippen LogP contribution in [0.5, 0.6) is 0 Å². The van der Waals surface area contributed by atoms with Gasteiger partial charge in [-0.2, -0.15) is 13.2 Å². The third kappa shape index (κ3) is 1.58. The van der Waals surface area contributed by atoms with Gasteiger partial charge in [-0.1, -0.05) is 18.2 Å². The van der Waals surface area contributed by atoms with Gasteiger partial charge in [0.2, 0.25) is 0 Å². The molecule has 0 aliphatic carbocycles. The van der Waals surface area contributed by atoms with E-state index in [1.807, 2.05) is 0 Å². The first-order valence-corrected chi connectivity index (χ1v) is 4.04. The Kier molecular flexibility index (Phi) is 1.95. The van der Waals surface area contributed by atoms with Crippen molar-refractivity contribution in [2.45, 2.75) is 6.18 Å². The van der Waals surface area contributed by atoms with Crippen molar-refractivity contribution >= 4 is 10.8 Å². The second-order valence-electron chi connectivity index (χ2n) is 2.99. The highest BCUT2D eigenvalue weighted by Crippen LogP contribution is 2.31. The fourth-order valence-corrected chi connectivity index (χ4v) is 1.30. The Labute approximate surface area is 79.0 Å². The minimum atomic E-state index is -4.27. The van der Waals surface area contributed by atoms with Crippen molar-refractivity contribution < 1.29 is 13.2 Å². The van der Waals surface area contributed by atoms with Crippen LogP contribution in [-0.4, -0.2) is 0 Å². The van der Waals surface area contributed by atoms with Crippen LogP contribution in [-0.2, 0) is 6.18 Å². The van der Waals surface area contributed by atoms with Gasteiger partial charge in [0.1, 0.15) is 0 Å². The lowest BCUT2D eigenvalue weighted by atomic mass is 10.1. The van der Waals surface area contributed by atoms with Gasteiger partial charge in [0.25, 0.3) is 0 Å². The molecule has 0 saturated heterocycles. The number of hydrogen-bond donors (Lipinski definition) is 0. The number of hydrogen-bond acceptors (Lipinski definition) is 0. The molecular formula is C11H6F3. The highest BCUT2D eigenvalue weighted by atomic mass is 19.4. The van der Waals surface area contributed by atoms with Crippen molar-refractivity contribution in [3.63, 3.8) is 0 Å². The molecule has 0 unspecified atom stereocenters. The van der Waals surface area contributed by atoms with E-state index in [2.05, 4.69) is 6.07 Å². The molecule has 2 aromatic rings. The van der Waals surface area contributed by atoms with E-state index in [9.17, 15) is 13.2 Å². The summed E-state index contributed by atoms with van der Waals surface area (Å²) in [4.78, 5) is 0. The minimum absolute atomic E-state index is 0.558. The van der Waals surface area contributed by atoms with Crippen LogP contribution in [0, 0.1) is 6.07 Å². The van der Waals surface area contributed by atoms with E-state index in [4.69, 9.17) is 0 Å². The van der Waals surface area contributed by atoms with Crippen LogP contribution in [0.25, 0.3) is 10.8 Å². The molecule has 0 amide bonds. The molecule has 2 rings (SSSR count). The van der Waals surface area contributed by atoms with E-state index in [0.717, 1.165) is 17.5 Å². The number of benzene rings is 2. The molecule has 0 N–H and O–H groups in total. The molecule has 0 saturated carbocycles. The molecule has 0 atom stereocenters. The van der Waals surface area contributed by atoms with E-state index in [-0.39, 0.29) is 0 Å². The monoisotopic (exact) mass is 195 g/mol. The molecule has 71 valence electrons. The first-order chi connectivity index (χ1) is 6.57. The van der Waals surface area contributed by atoms with Crippen molar-refractivity contribution in [2.24, 2.45) is 0 Å².